The minimum absolute atomic E-state index is 0.328. The van der Waals surface area contributed by atoms with Crippen LogP contribution < -0.4 is 0 Å². The molecule has 1 amide bonds. The topological polar surface area (TPSA) is 57.6 Å². The molecule has 0 heterocycles. The van der Waals surface area contributed by atoms with Crippen molar-refractivity contribution in [1.29, 1.82) is 0 Å². The third-order valence-corrected chi connectivity index (χ3v) is 4.66. The molecule has 1 N–H and O–H groups in total. The van der Waals surface area contributed by atoms with Gasteiger partial charge >= 0.3 is 5.97 Å². The molecular formula is C21H18ClNO3. The molecule has 1 aromatic carbocycles. The summed E-state index contributed by atoms with van der Waals surface area (Å²) < 4.78 is 0. The smallest absolute Gasteiger partial charge is 0.327 e. The van der Waals surface area contributed by atoms with Gasteiger partial charge in [-0.2, -0.15) is 0 Å². The first-order valence-corrected chi connectivity index (χ1v) is 8.76. The van der Waals surface area contributed by atoms with Crippen LogP contribution in [0.3, 0.4) is 0 Å². The van der Waals surface area contributed by atoms with Crippen molar-refractivity contribution >= 4 is 23.5 Å². The summed E-state index contributed by atoms with van der Waals surface area (Å²) in [5, 5.41) is 9.78. The van der Waals surface area contributed by atoms with E-state index in [1.807, 2.05) is 0 Å². The average Bonchev–Trinajstić information content (AvgIpc) is 3.55. The second-order valence-electron chi connectivity index (χ2n) is 6.43. The van der Waals surface area contributed by atoms with E-state index < -0.39 is 17.9 Å². The van der Waals surface area contributed by atoms with Crippen LogP contribution in [0.1, 0.15) is 29.6 Å². The summed E-state index contributed by atoms with van der Waals surface area (Å²) in [5.41, 5.74) is 3.18. The summed E-state index contributed by atoms with van der Waals surface area (Å²) in [5.74, 6) is -1.21. The van der Waals surface area contributed by atoms with Gasteiger partial charge < -0.3 is 5.11 Å². The fourth-order valence-electron chi connectivity index (χ4n) is 2.68. The van der Waals surface area contributed by atoms with Gasteiger partial charge in [0.05, 0.1) is 0 Å². The number of hydrogen-bond donors (Lipinski definition) is 1. The first-order chi connectivity index (χ1) is 12.5. The zero-order valence-corrected chi connectivity index (χ0v) is 14.8. The molecule has 3 aliphatic carbocycles. The zero-order chi connectivity index (χ0) is 18.7. The van der Waals surface area contributed by atoms with Gasteiger partial charge in [-0.15, -0.1) is 0 Å². The predicted octanol–water partition coefficient (Wildman–Crippen LogP) is 4.29. The molecule has 4 nitrogen and oxygen atoms in total. The number of fused-ring (bicyclic) bond motifs is 1. The number of nitrogens with zero attached hydrogens (tertiary/aromatic N) is 1. The Morgan fingerprint density at radius 3 is 2.19 bits per heavy atom. The minimum Gasteiger partial charge on any atom is -0.480 e. The molecule has 0 bridgehead atoms. The molecule has 26 heavy (non-hydrogen) atoms. The first-order valence-electron chi connectivity index (χ1n) is 8.38. The molecular weight excluding hydrogens is 350 g/mol. The number of carboxylic acids is 1. The molecule has 0 aliphatic heterocycles. The van der Waals surface area contributed by atoms with E-state index in [0.717, 1.165) is 17.7 Å². The molecule has 1 fully saturated rings. The molecule has 0 spiro atoms. The summed E-state index contributed by atoms with van der Waals surface area (Å²) >= 11 is 5.76. The van der Waals surface area contributed by atoms with Gasteiger partial charge in [-0.25, -0.2) is 4.79 Å². The maximum absolute atomic E-state index is 12.3. The number of hydrogen-bond acceptors (Lipinski definition) is 2. The Labute approximate surface area is 157 Å². The van der Waals surface area contributed by atoms with E-state index in [4.69, 9.17) is 18.0 Å². The lowest BCUT2D eigenvalue weighted by atomic mass is 10.1. The Hall–Kier alpha value is -2.77. The van der Waals surface area contributed by atoms with Crippen molar-refractivity contribution in [3.63, 3.8) is 0 Å². The van der Waals surface area contributed by atoms with Crippen LogP contribution in [0, 0.1) is 18.4 Å². The van der Waals surface area contributed by atoms with Gasteiger partial charge in [0.1, 0.15) is 6.04 Å². The first kappa shape index (κ1) is 18.0. The van der Waals surface area contributed by atoms with Gasteiger partial charge in [-0.1, -0.05) is 49.1 Å². The van der Waals surface area contributed by atoms with E-state index in [1.54, 1.807) is 12.1 Å². The summed E-state index contributed by atoms with van der Waals surface area (Å²) in [7, 11) is 0. The van der Waals surface area contributed by atoms with Gasteiger partial charge in [0.15, 0.2) is 0 Å². The van der Waals surface area contributed by atoms with E-state index in [2.05, 4.69) is 30.3 Å². The monoisotopic (exact) mass is 367 g/mol. The third-order valence-electron chi connectivity index (χ3n) is 4.41. The second kappa shape index (κ2) is 7.63. The van der Waals surface area contributed by atoms with Gasteiger partial charge in [-0.05, 0) is 53.8 Å². The Balaban J connectivity index is 0.000000269. The van der Waals surface area contributed by atoms with Crippen molar-refractivity contribution in [2.45, 2.75) is 25.3 Å². The molecule has 4 rings (SSSR count). The second-order valence-corrected chi connectivity index (χ2v) is 6.86. The van der Waals surface area contributed by atoms with Crippen molar-refractivity contribution in [2.24, 2.45) is 5.92 Å². The minimum atomic E-state index is -1.07. The van der Waals surface area contributed by atoms with Crippen LogP contribution in [0.2, 0.25) is 5.02 Å². The standard InChI is InChI=1S/C15H14ClNO3.C6H4/c1-2-17(13(15(19)20)9-10-3-4-10)14(18)11-5-7-12(16)8-6-11;1-2-5-4-6(5)3-1/h1,5-8,10,13H,3-4,9H2,(H,19,20);1-4H. The third kappa shape index (κ3) is 4.44. The highest BCUT2D eigenvalue weighted by Gasteiger charge is 2.35. The van der Waals surface area contributed by atoms with E-state index in [9.17, 15) is 14.7 Å². The van der Waals surface area contributed by atoms with Crippen LogP contribution in [-0.2, 0) is 4.79 Å². The molecule has 1 saturated carbocycles. The molecule has 0 radical (unpaired) electrons. The molecule has 1 unspecified atom stereocenters. The fourth-order valence-corrected chi connectivity index (χ4v) is 2.81. The van der Waals surface area contributed by atoms with Crippen molar-refractivity contribution in [3.8, 4) is 23.6 Å². The van der Waals surface area contributed by atoms with E-state index in [-0.39, 0.29) is 0 Å². The number of amides is 1. The lowest BCUT2D eigenvalue weighted by Gasteiger charge is -2.23. The lowest BCUT2D eigenvalue weighted by molar-refractivity contribution is -0.141. The normalized spacial score (nSPS) is 14.3. The van der Waals surface area contributed by atoms with Crippen LogP contribution in [-0.4, -0.2) is 27.9 Å². The van der Waals surface area contributed by atoms with E-state index >= 15 is 0 Å². The van der Waals surface area contributed by atoms with Gasteiger partial charge in [0.25, 0.3) is 5.91 Å². The number of halogens is 1. The average molecular weight is 368 g/mol. The van der Waals surface area contributed by atoms with Gasteiger partial charge in [0, 0.05) is 16.6 Å². The lowest BCUT2D eigenvalue weighted by Crippen LogP contribution is -2.42. The number of carboxylic acid groups (broad SMARTS) is 1. The van der Waals surface area contributed by atoms with Crippen molar-refractivity contribution in [2.75, 3.05) is 0 Å². The summed E-state index contributed by atoms with van der Waals surface area (Å²) in [6.07, 6.45) is 7.74. The SMILES string of the molecule is C#CN(C(=O)c1ccc(Cl)cc1)C(CC1CC1)C(=O)O.c1cc2cc-2c1. The van der Waals surface area contributed by atoms with E-state index in [1.165, 1.54) is 23.3 Å². The Morgan fingerprint density at radius 2 is 1.81 bits per heavy atom. The van der Waals surface area contributed by atoms with Crippen LogP contribution in [0.5, 0.6) is 0 Å². The van der Waals surface area contributed by atoms with Crippen LogP contribution in [0.25, 0.3) is 11.1 Å². The van der Waals surface area contributed by atoms with E-state index in [0.29, 0.717) is 22.9 Å². The quantitative estimate of drug-likeness (QED) is 0.540. The van der Waals surface area contributed by atoms with Crippen LogP contribution in [0.4, 0.5) is 0 Å². The number of aliphatic carboxylic acids is 1. The number of carbonyl (C=O) groups excluding carboxylic acids is 1. The number of terminal acetylenes is 1. The number of rotatable bonds is 5. The highest BCUT2D eigenvalue weighted by Crippen LogP contribution is 2.35. The molecule has 0 saturated heterocycles. The molecule has 1 aromatic rings. The highest BCUT2D eigenvalue weighted by molar-refractivity contribution is 6.30. The maximum atomic E-state index is 12.3. The largest absolute Gasteiger partial charge is 0.480 e. The maximum Gasteiger partial charge on any atom is 0.327 e. The summed E-state index contributed by atoms with van der Waals surface area (Å²) in [4.78, 5) is 24.6. The number of carbonyl (C=O) groups is 2. The molecule has 3 aliphatic rings. The molecule has 5 heteroatoms. The number of benzene rings is 2. The predicted molar refractivity (Wildman–Crippen MR) is 101 cm³/mol. The van der Waals surface area contributed by atoms with Crippen molar-refractivity contribution in [1.82, 2.24) is 4.90 Å². The fraction of sp³-hybridized carbons (Fsp3) is 0.238. The Morgan fingerprint density at radius 1 is 1.19 bits per heavy atom. The Bertz CT molecular complexity index is 848. The van der Waals surface area contributed by atoms with Gasteiger partial charge in [-0.3, -0.25) is 9.69 Å². The van der Waals surface area contributed by atoms with Crippen molar-refractivity contribution < 1.29 is 14.7 Å². The van der Waals surface area contributed by atoms with Gasteiger partial charge in [0.2, 0.25) is 0 Å². The molecule has 1 atom stereocenters. The molecule has 132 valence electrons. The molecule has 0 aromatic heterocycles. The summed E-state index contributed by atoms with van der Waals surface area (Å²) in [6.45, 7) is 0. The van der Waals surface area contributed by atoms with Crippen LogP contribution >= 0.6 is 11.6 Å². The Kier molecular flexibility index (Phi) is 5.29. The van der Waals surface area contributed by atoms with Crippen molar-refractivity contribution in [3.05, 3.63) is 59.1 Å². The van der Waals surface area contributed by atoms with Crippen LogP contribution in [0.15, 0.2) is 48.5 Å². The summed E-state index contributed by atoms with van der Waals surface area (Å²) in [6, 6.07) is 15.9. The zero-order valence-electron chi connectivity index (χ0n) is 14.1. The highest BCUT2D eigenvalue weighted by atomic mass is 35.5.